The minimum Gasteiger partial charge on any atom is -0.454 e. The lowest BCUT2D eigenvalue weighted by molar-refractivity contribution is 0.103. The van der Waals surface area contributed by atoms with Crippen LogP contribution in [0.3, 0.4) is 0 Å². The number of benzene rings is 2. The van der Waals surface area contributed by atoms with Gasteiger partial charge in [-0.05, 0) is 53.9 Å². The molecule has 0 unspecified atom stereocenters. The molecule has 0 saturated heterocycles. The molecule has 0 aliphatic carbocycles. The average Bonchev–Trinajstić information content (AvgIpc) is 3.49. The van der Waals surface area contributed by atoms with Gasteiger partial charge < -0.3 is 14.8 Å². The second-order valence-electron chi connectivity index (χ2n) is 6.11. The molecular formula is C21H14N2O3S2. The van der Waals surface area contributed by atoms with E-state index >= 15 is 0 Å². The number of aromatic nitrogens is 1. The summed E-state index contributed by atoms with van der Waals surface area (Å²) in [6, 6.07) is 17.2. The zero-order valence-electron chi connectivity index (χ0n) is 14.5. The summed E-state index contributed by atoms with van der Waals surface area (Å²) in [5, 5.41) is 7.74. The maximum Gasteiger partial charge on any atom is 0.265 e. The number of hydrogen-bond donors (Lipinski definition) is 1. The molecular weight excluding hydrogens is 392 g/mol. The summed E-state index contributed by atoms with van der Waals surface area (Å²) < 4.78 is 10.8. The molecule has 1 aliphatic rings. The molecule has 0 saturated carbocycles. The second kappa shape index (κ2) is 7.10. The van der Waals surface area contributed by atoms with E-state index in [1.54, 1.807) is 11.3 Å². The molecule has 2 aromatic carbocycles. The highest BCUT2D eigenvalue weighted by Gasteiger charge is 2.15. The van der Waals surface area contributed by atoms with Crippen LogP contribution in [0.1, 0.15) is 9.67 Å². The number of ether oxygens (including phenoxy) is 2. The van der Waals surface area contributed by atoms with Crippen molar-refractivity contribution in [3.05, 3.63) is 70.2 Å². The van der Waals surface area contributed by atoms with Gasteiger partial charge in [0.15, 0.2) is 11.5 Å². The lowest BCUT2D eigenvalue weighted by Gasteiger charge is -2.04. The summed E-state index contributed by atoms with van der Waals surface area (Å²) in [5.41, 5.74) is 3.65. The standard InChI is InChI=1S/C21H14N2O3S2/c24-20(19-2-1-9-27-19)22-15-6-3-13(4-7-15)21-23-16(11-28-21)14-5-8-17-18(10-14)26-12-25-17/h1-11H,12H2,(H,22,24). The van der Waals surface area contributed by atoms with Gasteiger partial charge in [-0.3, -0.25) is 4.79 Å². The molecule has 1 N–H and O–H groups in total. The lowest BCUT2D eigenvalue weighted by atomic mass is 10.1. The summed E-state index contributed by atoms with van der Waals surface area (Å²) in [5.74, 6) is 1.42. The molecule has 0 spiro atoms. The summed E-state index contributed by atoms with van der Waals surface area (Å²) in [7, 11) is 0. The summed E-state index contributed by atoms with van der Waals surface area (Å²) in [6.45, 7) is 0.260. The molecule has 0 radical (unpaired) electrons. The zero-order valence-corrected chi connectivity index (χ0v) is 16.2. The Morgan fingerprint density at radius 2 is 1.79 bits per heavy atom. The Kier molecular flexibility index (Phi) is 4.31. The van der Waals surface area contributed by atoms with E-state index < -0.39 is 0 Å². The number of rotatable bonds is 4. The number of nitrogens with one attached hydrogen (secondary N) is 1. The minimum atomic E-state index is -0.0953. The molecule has 0 bridgehead atoms. The van der Waals surface area contributed by atoms with Gasteiger partial charge in [-0.1, -0.05) is 6.07 Å². The van der Waals surface area contributed by atoms with E-state index in [1.165, 1.54) is 11.3 Å². The van der Waals surface area contributed by atoms with Crippen molar-refractivity contribution in [3.63, 3.8) is 0 Å². The number of thiazole rings is 1. The molecule has 138 valence electrons. The maximum atomic E-state index is 12.1. The molecule has 5 rings (SSSR count). The second-order valence-corrected chi connectivity index (χ2v) is 7.92. The van der Waals surface area contributed by atoms with E-state index in [0.29, 0.717) is 4.88 Å². The molecule has 7 heteroatoms. The van der Waals surface area contributed by atoms with E-state index in [0.717, 1.165) is 39.0 Å². The van der Waals surface area contributed by atoms with Crippen molar-refractivity contribution in [2.75, 3.05) is 12.1 Å². The van der Waals surface area contributed by atoms with Crippen LogP contribution in [0.5, 0.6) is 11.5 Å². The molecule has 3 heterocycles. The topological polar surface area (TPSA) is 60.5 Å². The van der Waals surface area contributed by atoms with Gasteiger partial charge >= 0.3 is 0 Å². The fourth-order valence-electron chi connectivity index (χ4n) is 2.89. The van der Waals surface area contributed by atoms with Crippen LogP contribution < -0.4 is 14.8 Å². The van der Waals surface area contributed by atoms with Crippen LogP contribution in [0.15, 0.2) is 65.4 Å². The molecule has 0 fully saturated rings. The predicted octanol–water partition coefficient (Wildman–Crippen LogP) is 5.52. The van der Waals surface area contributed by atoms with Crippen LogP contribution >= 0.6 is 22.7 Å². The quantitative estimate of drug-likeness (QED) is 0.485. The van der Waals surface area contributed by atoms with Crippen molar-refractivity contribution >= 4 is 34.3 Å². The van der Waals surface area contributed by atoms with Gasteiger partial charge in [0.2, 0.25) is 6.79 Å². The third kappa shape index (κ3) is 3.26. The summed E-state index contributed by atoms with van der Waals surface area (Å²) in [4.78, 5) is 17.6. The van der Waals surface area contributed by atoms with Crippen LogP contribution in [-0.4, -0.2) is 17.7 Å². The summed E-state index contributed by atoms with van der Waals surface area (Å²) >= 11 is 3.00. The Morgan fingerprint density at radius 1 is 0.964 bits per heavy atom. The number of carbonyl (C=O) groups excluding carboxylic acids is 1. The number of thiophene rings is 1. The largest absolute Gasteiger partial charge is 0.454 e. The van der Waals surface area contributed by atoms with E-state index in [-0.39, 0.29) is 12.7 Å². The molecule has 2 aromatic heterocycles. The SMILES string of the molecule is O=C(Nc1ccc(-c2nc(-c3ccc4c(c3)OCO4)cs2)cc1)c1cccs1. The molecule has 4 aromatic rings. The first-order chi connectivity index (χ1) is 13.8. The molecule has 28 heavy (non-hydrogen) atoms. The first-order valence-corrected chi connectivity index (χ1v) is 10.3. The first-order valence-electron chi connectivity index (χ1n) is 8.57. The Hall–Kier alpha value is -3.16. The van der Waals surface area contributed by atoms with Crippen molar-refractivity contribution in [2.24, 2.45) is 0 Å². The number of nitrogens with zero attached hydrogens (tertiary/aromatic N) is 1. The van der Waals surface area contributed by atoms with Crippen molar-refractivity contribution in [3.8, 4) is 33.3 Å². The van der Waals surface area contributed by atoms with Gasteiger partial charge in [0.1, 0.15) is 5.01 Å². The number of carbonyl (C=O) groups is 1. The average molecular weight is 406 g/mol. The van der Waals surface area contributed by atoms with E-state index in [1.807, 2.05) is 65.4 Å². The fraction of sp³-hybridized carbons (Fsp3) is 0.0476. The third-order valence-corrected chi connectivity index (χ3v) is 6.07. The number of amides is 1. The normalized spacial score (nSPS) is 12.1. The Balaban J connectivity index is 1.34. The number of fused-ring (bicyclic) bond motifs is 1. The highest BCUT2D eigenvalue weighted by atomic mass is 32.1. The van der Waals surface area contributed by atoms with Crippen molar-refractivity contribution in [1.29, 1.82) is 0 Å². The molecule has 5 nitrogen and oxygen atoms in total. The van der Waals surface area contributed by atoms with Gasteiger partial charge in [0, 0.05) is 22.2 Å². The summed E-state index contributed by atoms with van der Waals surface area (Å²) in [6.07, 6.45) is 0. The van der Waals surface area contributed by atoms with Gasteiger partial charge in [-0.15, -0.1) is 22.7 Å². The van der Waals surface area contributed by atoms with Gasteiger partial charge in [-0.2, -0.15) is 0 Å². The van der Waals surface area contributed by atoms with E-state index in [9.17, 15) is 4.79 Å². The Labute approximate surface area is 169 Å². The minimum absolute atomic E-state index is 0.0953. The van der Waals surface area contributed by atoms with Crippen LogP contribution in [0.4, 0.5) is 5.69 Å². The first kappa shape index (κ1) is 17.0. The number of anilines is 1. The smallest absolute Gasteiger partial charge is 0.265 e. The Bertz CT molecular complexity index is 1130. The van der Waals surface area contributed by atoms with E-state index in [4.69, 9.17) is 14.5 Å². The molecule has 1 aliphatic heterocycles. The molecule has 1 amide bonds. The van der Waals surface area contributed by atoms with E-state index in [2.05, 4.69) is 5.32 Å². The van der Waals surface area contributed by atoms with Crippen LogP contribution in [0.2, 0.25) is 0 Å². The van der Waals surface area contributed by atoms with Gasteiger partial charge in [0.05, 0.1) is 10.6 Å². The van der Waals surface area contributed by atoms with Crippen LogP contribution in [-0.2, 0) is 0 Å². The zero-order chi connectivity index (χ0) is 18.9. The van der Waals surface area contributed by atoms with Gasteiger partial charge in [0.25, 0.3) is 5.91 Å². The fourth-order valence-corrected chi connectivity index (χ4v) is 4.35. The Morgan fingerprint density at radius 3 is 2.61 bits per heavy atom. The monoisotopic (exact) mass is 406 g/mol. The molecule has 0 atom stereocenters. The predicted molar refractivity (Wildman–Crippen MR) is 111 cm³/mol. The van der Waals surface area contributed by atoms with Crippen LogP contribution in [0, 0.1) is 0 Å². The third-order valence-electron chi connectivity index (χ3n) is 4.31. The van der Waals surface area contributed by atoms with Crippen molar-refractivity contribution < 1.29 is 14.3 Å². The number of hydrogen-bond acceptors (Lipinski definition) is 6. The lowest BCUT2D eigenvalue weighted by Crippen LogP contribution is -2.09. The van der Waals surface area contributed by atoms with Crippen LogP contribution in [0.25, 0.3) is 21.8 Å². The van der Waals surface area contributed by atoms with Gasteiger partial charge in [-0.25, -0.2) is 4.98 Å². The van der Waals surface area contributed by atoms with Crippen molar-refractivity contribution in [2.45, 2.75) is 0 Å². The maximum absolute atomic E-state index is 12.1. The van der Waals surface area contributed by atoms with Crippen molar-refractivity contribution in [1.82, 2.24) is 4.98 Å². The highest BCUT2D eigenvalue weighted by Crippen LogP contribution is 2.37. The highest BCUT2D eigenvalue weighted by molar-refractivity contribution is 7.13.